The summed E-state index contributed by atoms with van der Waals surface area (Å²) < 4.78 is 0. The number of thioether (sulfide) groups is 2. The molecule has 0 radical (unpaired) electrons. The molecule has 2 aromatic carbocycles. The second-order valence-corrected chi connectivity index (χ2v) is 10.3. The third-order valence-electron chi connectivity index (χ3n) is 3.37. The van der Waals surface area contributed by atoms with Crippen molar-refractivity contribution in [2.24, 2.45) is 0 Å². The lowest BCUT2D eigenvalue weighted by Gasteiger charge is -2.31. The molecule has 0 amide bonds. The minimum Gasteiger partial charge on any atom is -0.166 e. The van der Waals surface area contributed by atoms with Crippen molar-refractivity contribution < 1.29 is 0 Å². The van der Waals surface area contributed by atoms with Crippen LogP contribution in [0, 0.1) is 0 Å². The monoisotopic (exact) mass is 276 g/mol. The van der Waals surface area contributed by atoms with E-state index in [1.807, 2.05) is 0 Å². The summed E-state index contributed by atoms with van der Waals surface area (Å²) in [6, 6.07) is 18.0. The fourth-order valence-electron chi connectivity index (χ4n) is 2.52. The van der Waals surface area contributed by atoms with Crippen molar-refractivity contribution in [3.05, 3.63) is 48.5 Å². The van der Waals surface area contributed by atoms with Crippen molar-refractivity contribution in [2.75, 3.05) is 10.2 Å². The highest BCUT2D eigenvalue weighted by molar-refractivity contribution is 8.46. The van der Waals surface area contributed by atoms with Crippen LogP contribution in [-0.2, 0) is 0 Å². The lowest BCUT2D eigenvalue weighted by Crippen LogP contribution is -1.98. The van der Waals surface area contributed by atoms with Gasteiger partial charge in [-0.05, 0) is 24.3 Å². The third kappa shape index (κ3) is 1.36. The SMILES string of the molecule is c1ccc2c(c1)SCS21CSc2ccccc21. The Morgan fingerprint density at radius 2 is 1.18 bits per heavy atom. The predicted molar refractivity (Wildman–Crippen MR) is 78.5 cm³/mol. The topological polar surface area (TPSA) is 0 Å². The average Bonchev–Trinajstić information content (AvgIpc) is 2.95. The largest absolute Gasteiger partial charge is 0.166 e. The first-order valence-electron chi connectivity index (χ1n) is 5.63. The summed E-state index contributed by atoms with van der Waals surface area (Å²) in [7, 11) is -0.719. The molecule has 0 N–H and O–H groups in total. The highest BCUT2D eigenvalue weighted by Crippen LogP contribution is 2.77. The van der Waals surface area contributed by atoms with Gasteiger partial charge in [-0.25, -0.2) is 0 Å². The first-order valence-corrected chi connectivity index (χ1v) is 9.57. The molecule has 0 bridgehead atoms. The minimum absolute atomic E-state index is 0.719. The molecule has 2 aromatic rings. The Hall–Kier alpha value is -0.510. The van der Waals surface area contributed by atoms with E-state index in [1.165, 1.54) is 20.0 Å². The maximum Gasteiger partial charge on any atom is 0.0368 e. The fraction of sp³-hybridized carbons (Fsp3) is 0.143. The van der Waals surface area contributed by atoms with E-state index < -0.39 is 10.0 Å². The summed E-state index contributed by atoms with van der Waals surface area (Å²) in [5.74, 6) is 0. The van der Waals surface area contributed by atoms with Crippen molar-refractivity contribution in [1.82, 2.24) is 0 Å². The van der Waals surface area contributed by atoms with Gasteiger partial charge in [-0.15, -0.1) is 23.5 Å². The zero-order valence-electron chi connectivity index (χ0n) is 9.26. The van der Waals surface area contributed by atoms with Crippen LogP contribution in [0.25, 0.3) is 0 Å². The van der Waals surface area contributed by atoms with Gasteiger partial charge in [0.15, 0.2) is 0 Å². The van der Waals surface area contributed by atoms with Crippen LogP contribution in [0.4, 0.5) is 0 Å². The molecule has 0 unspecified atom stereocenters. The Kier molecular flexibility index (Phi) is 2.29. The summed E-state index contributed by atoms with van der Waals surface area (Å²) >= 11 is 4.10. The normalized spacial score (nSPS) is 21.2. The van der Waals surface area contributed by atoms with Gasteiger partial charge < -0.3 is 0 Å². The standard InChI is InChI=1S/C14H12S3/c1-3-7-13-11(5-1)15-9-17(13)10-16-12-6-2-4-8-14(12)17/h1-8H,9-10H2. The Bertz CT molecular complexity index is 538. The Morgan fingerprint density at radius 1 is 0.706 bits per heavy atom. The molecule has 0 saturated carbocycles. The molecule has 86 valence electrons. The predicted octanol–water partition coefficient (Wildman–Crippen LogP) is 5.04. The van der Waals surface area contributed by atoms with Crippen molar-refractivity contribution >= 4 is 33.6 Å². The average molecular weight is 276 g/mol. The van der Waals surface area contributed by atoms with Crippen LogP contribution in [0.3, 0.4) is 0 Å². The quantitative estimate of drug-likeness (QED) is 0.661. The van der Waals surface area contributed by atoms with E-state index in [1.54, 1.807) is 9.79 Å². The molecule has 0 fully saturated rings. The summed E-state index contributed by atoms with van der Waals surface area (Å²) in [6.07, 6.45) is 0. The van der Waals surface area contributed by atoms with Gasteiger partial charge in [-0.2, -0.15) is 10.0 Å². The molecule has 2 aliphatic heterocycles. The number of hydrogen-bond acceptors (Lipinski definition) is 2. The van der Waals surface area contributed by atoms with Crippen molar-refractivity contribution in [3.8, 4) is 0 Å². The number of benzene rings is 2. The molecule has 1 spiro atoms. The summed E-state index contributed by atoms with van der Waals surface area (Å²) in [5, 5.41) is 2.58. The van der Waals surface area contributed by atoms with E-state index >= 15 is 0 Å². The fourth-order valence-corrected chi connectivity index (χ4v) is 12.0. The number of hydrogen-bond donors (Lipinski definition) is 0. The molecule has 0 aromatic heterocycles. The summed E-state index contributed by atoms with van der Waals surface area (Å²) in [6.45, 7) is 0. The maximum atomic E-state index is 2.35. The van der Waals surface area contributed by atoms with Gasteiger partial charge in [0.25, 0.3) is 0 Å². The molecular weight excluding hydrogens is 264 g/mol. The zero-order valence-corrected chi connectivity index (χ0v) is 11.7. The molecule has 0 atom stereocenters. The van der Waals surface area contributed by atoms with E-state index in [0.29, 0.717) is 0 Å². The van der Waals surface area contributed by atoms with Crippen LogP contribution in [0.15, 0.2) is 68.1 Å². The van der Waals surface area contributed by atoms with Crippen LogP contribution in [-0.4, -0.2) is 10.2 Å². The van der Waals surface area contributed by atoms with Gasteiger partial charge in [0, 0.05) is 29.8 Å². The molecule has 2 aliphatic rings. The zero-order chi connectivity index (χ0) is 11.3. The van der Waals surface area contributed by atoms with Crippen molar-refractivity contribution in [2.45, 2.75) is 19.6 Å². The highest BCUT2D eigenvalue weighted by atomic mass is 32.3. The van der Waals surface area contributed by atoms with Crippen LogP contribution in [0.5, 0.6) is 0 Å². The summed E-state index contributed by atoms with van der Waals surface area (Å²) in [4.78, 5) is 6.28. The van der Waals surface area contributed by atoms with Crippen LogP contribution >= 0.6 is 33.6 Å². The summed E-state index contributed by atoms with van der Waals surface area (Å²) in [5.41, 5.74) is 0. The van der Waals surface area contributed by atoms with Crippen LogP contribution in [0.2, 0.25) is 0 Å². The smallest absolute Gasteiger partial charge is 0.0368 e. The van der Waals surface area contributed by atoms with E-state index in [2.05, 4.69) is 72.1 Å². The lowest BCUT2D eigenvalue weighted by molar-refractivity contribution is 1.20. The van der Waals surface area contributed by atoms with E-state index in [9.17, 15) is 0 Å². The van der Waals surface area contributed by atoms with Gasteiger partial charge in [0.1, 0.15) is 0 Å². The second-order valence-electron chi connectivity index (χ2n) is 4.30. The van der Waals surface area contributed by atoms with Gasteiger partial charge in [0.05, 0.1) is 0 Å². The van der Waals surface area contributed by atoms with Gasteiger partial charge in [-0.3, -0.25) is 0 Å². The Balaban J connectivity index is 1.97. The first kappa shape index (κ1) is 10.4. The molecular formula is C14H12S3. The molecule has 0 saturated heterocycles. The van der Waals surface area contributed by atoms with Crippen molar-refractivity contribution in [1.29, 1.82) is 0 Å². The molecule has 2 heterocycles. The molecule has 3 heteroatoms. The third-order valence-corrected chi connectivity index (χ3v) is 11.5. The lowest BCUT2D eigenvalue weighted by atomic mass is 10.4. The van der Waals surface area contributed by atoms with E-state index in [4.69, 9.17) is 0 Å². The van der Waals surface area contributed by atoms with Crippen molar-refractivity contribution in [3.63, 3.8) is 0 Å². The maximum absolute atomic E-state index is 2.35. The second kappa shape index (κ2) is 3.74. The molecule has 17 heavy (non-hydrogen) atoms. The number of rotatable bonds is 0. The molecule has 4 rings (SSSR count). The van der Waals surface area contributed by atoms with E-state index in [0.717, 1.165) is 0 Å². The Morgan fingerprint density at radius 3 is 1.71 bits per heavy atom. The molecule has 0 nitrogen and oxygen atoms in total. The number of fused-ring (bicyclic) bond motifs is 4. The van der Waals surface area contributed by atoms with Gasteiger partial charge in [-0.1, -0.05) is 24.3 Å². The Labute approximate surface area is 112 Å². The highest BCUT2D eigenvalue weighted by Gasteiger charge is 2.41. The van der Waals surface area contributed by atoms with E-state index in [-0.39, 0.29) is 0 Å². The van der Waals surface area contributed by atoms with Crippen LogP contribution < -0.4 is 0 Å². The van der Waals surface area contributed by atoms with Crippen LogP contribution in [0.1, 0.15) is 0 Å². The van der Waals surface area contributed by atoms with Gasteiger partial charge >= 0.3 is 0 Å². The minimum atomic E-state index is -0.719. The first-order chi connectivity index (χ1) is 8.40. The van der Waals surface area contributed by atoms with Gasteiger partial charge in [0.2, 0.25) is 0 Å². The molecule has 0 aliphatic carbocycles.